The summed E-state index contributed by atoms with van der Waals surface area (Å²) < 4.78 is 13.4. The van der Waals surface area contributed by atoms with Gasteiger partial charge in [-0.25, -0.2) is 4.39 Å². The Kier molecular flexibility index (Phi) is 4.10. The third-order valence-corrected chi connectivity index (χ3v) is 3.24. The predicted molar refractivity (Wildman–Crippen MR) is 69.5 cm³/mol. The molecule has 1 N–H and O–H groups in total. The van der Waals surface area contributed by atoms with Crippen molar-refractivity contribution in [2.75, 3.05) is 20.1 Å². The minimum absolute atomic E-state index is 0.0908. The molecule has 0 bridgehead atoms. The fraction of sp³-hybridized carbons (Fsp3) is 0.357. The van der Waals surface area contributed by atoms with E-state index >= 15 is 0 Å². The van der Waals surface area contributed by atoms with Gasteiger partial charge in [-0.05, 0) is 25.1 Å². The minimum atomic E-state index is -0.313. The summed E-state index contributed by atoms with van der Waals surface area (Å²) in [6, 6.07) is 6.65. The zero-order chi connectivity index (χ0) is 13.0. The number of likely N-dealkylation sites (N-methyl/N-ethyl adjacent to an activating group) is 1. The van der Waals surface area contributed by atoms with Crippen molar-refractivity contribution < 1.29 is 9.18 Å². The molecule has 1 aliphatic heterocycles. The van der Waals surface area contributed by atoms with Gasteiger partial charge in [-0.1, -0.05) is 18.2 Å². The molecule has 96 valence electrons. The van der Waals surface area contributed by atoms with Crippen LogP contribution in [-0.2, 0) is 4.79 Å². The van der Waals surface area contributed by atoms with E-state index in [1.54, 1.807) is 30.1 Å². The second kappa shape index (κ2) is 5.78. The van der Waals surface area contributed by atoms with E-state index in [0.29, 0.717) is 5.56 Å². The van der Waals surface area contributed by atoms with Crippen LogP contribution in [0.3, 0.4) is 0 Å². The van der Waals surface area contributed by atoms with E-state index in [4.69, 9.17) is 0 Å². The molecular weight excluding hydrogens is 231 g/mol. The second-order valence-electron chi connectivity index (χ2n) is 4.45. The number of nitrogens with zero attached hydrogens (tertiary/aromatic N) is 1. The van der Waals surface area contributed by atoms with Crippen molar-refractivity contribution in [3.8, 4) is 0 Å². The molecule has 1 aliphatic rings. The van der Waals surface area contributed by atoms with Gasteiger partial charge in [-0.15, -0.1) is 0 Å². The molecule has 0 radical (unpaired) electrons. The Bertz CT molecular complexity index is 453. The Morgan fingerprint density at radius 1 is 1.50 bits per heavy atom. The highest BCUT2D eigenvalue weighted by atomic mass is 19.1. The number of hydrogen-bond acceptors (Lipinski definition) is 2. The number of rotatable bonds is 3. The van der Waals surface area contributed by atoms with Gasteiger partial charge in [-0.2, -0.15) is 0 Å². The van der Waals surface area contributed by atoms with Crippen LogP contribution in [0.5, 0.6) is 0 Å². The van der Waals surface area contributed by atoms with Crippen LogP contribution in [0.25, 0.3) is 6.08 Å². The van der Waals surface area contributed by atoms with Crippen molar-refractivity contribution in [2.45, 2.75) is 12.5 Å². The molecule has 3 nitrogen and oxygen atoms in total. The maximum Gasteiger partial charge on any atom is 0.246 e. The molecule has 0 saturated carbocycles. The largest absolute Gasteiger partial charge is 0.338 e. The van der Waals surface area contributed by atoms with Gasteiger partial charge in [-0.3, -0.25) is 4.79 Å². The number of amides is 1. The normalized spacial score (nSPS) is 19.3. The van der Waals surface area contributed by atoms with E-state index in [9.17, 15) is 9.18 Å². The highest BCUT2D eigenvalue weighted by Gasteiger charge is 2.21. The van der Waals surface area contributed by atoms with Gasteiger partial charge in [0.25, 0.3) is 0 Å². The van der Waals surface area contributed by atoms with Crippen LogP contribution in [0.15, 0.2) is 30.3 Å². The Labute approximate surface area is 106 Å². The molecule has 0 aliphatic carbocycles. The molecule has 1 aromatic rings. The van der Waals surface area contributed by atoms with Crippen molar-refractivity contribution >= 4 is 12.0 Å². The van der Waals surface area contributed by atoms with Crippen LogP contribution in [0.4, 0.5) is 4.39 Å². The third-order valence-electron chi connectivity index (χ3n) is 3.24. The van der Waals surface area contributed by atoms with Gasteiger partial charge in [0.05, 0.1) is 0 Å². The molecule has 1 fully saturated rings. The van der Waals surface area contributed by atoms with Gasteiger partial charge in [0, 0.05) is 31.3 Å². The average Bonchev–Trinajstić information content (AvgIpc) is 2.90. The van der Waals surface area contributed by atoms with Crippen LogP contribution in [0.2, 0.25) is 0 Å². The van der Waals surface area contributed by atoms with Crippen molar-refractivity contribution in [3.05, 3.63) is 41.7 Å². The summed E-state index contributed by atoms with van der Waals surface area (Å²) in [5, 5.41) is 3.21. The lowest BCUT2D eigenvalue weighted by atomic mass is 10.2. The lowest BCUT2D eigenvalue weighted by Crippen LogP contribution is -2.37. The van der Waals surface area contributed by atoms with Gasteiger partial charge in [0.2, 0.25) is 5.91 Å². The van der Waals surface area contributed by atoms with Gasteiger partial charge in [0.1, 0.15) is 5.82 Å². The maximum absolute atomic E-state index is 13.4. The Morgan fingerprint density at radius 2 is 2.28 bits per heavy atom. The summed E-state index contributed by atoms with van der Waals surface area (Å²) in [5.74, 6) is -0.404. The molecule has 18 heavy (non-hydrogen) atoms. The van der Waals surface area contributed by atoms with Gasteiger partial charge in [0.15, 0.2) is 0 Å². The molecule has 2 rings (SSSR count). The molecule has 1 saturated heterocycles. The number of carbonyl (C=O) groups is 1. The Hall–Kier alpha value is -1.68. The van der Waals surface area contributed by atoms with E-state index in [-0.39, 0.29) is 17.8 Å². The number of hydrogen-bond donors (Lipinski definition) is 1. The Morgan fingerprint density at radius 3 is 2.94 bits per heavy atom. The maximum atomic E-state index is 13.4. The molecule has 1 aromatic carbocycles. The number of halogens is 1. The highest BCUT2D eigenvalue weighted by Crippen LogP contribution is 2.10. The SMILES string of the molecule is CN(C(=O)C=Cc1ccccc1F)C1CCNC1. The van der Waals surface area contributed by atoms with Crippen molar-refractivity contribution in [2.24, 2.45) is 0 Å². The summed E-state index contributed by atoms with van der Waals surface area (Å²) in [4.78, 5) is 13.6. The third kappa shape index (κ3) is 2.96. The highest BCUT2D eigenvalue weighted by molar-refractivity contribution is 5.91. The monoisotopic (exact) mass is 248 g/mol. The molecule has 1 heterocycles. The first-order valence-electron chi connectivity index (χ1n) is 6.08. The molecule has 0 aromatic heterocycles. The van der Waals surface area contributed by atoms with Crippen LogP contribution in [-0.4, -0.2) is 37.0 Å². The Balaban J connectivity index is 2.00. The summed E-state index contributed by atoms with van der Waals surface area (Å²) in [6.07, 6.45) is 3.92. The minimum Gasteiger partial charge on any atom is -0.338 e. The summed E-state index contributed by atoms with van der Waals surface area (Å²) in [6.45, 7) is 1.77. The first-order chi connectivity index (χ1) is 8.68. The average molecular weight is 248 g/mol. The fourth-order valence-electron chi connectivity index (χ4n) is 2.04. The molecule has 4 heteroatoms. The molecule has 1 amide bonds. The zero-order valence-corrected chi connectivity index (χ0v) is 10.4. The van der Waals surface area contributed by atoms with E-state index < -0.39 is 0 Å². The number of nitrogens with one attached hydrogen (secondary N) is 1. The van der Waals surface area contributed by atoms with Crippen LogP contribution in [0, 0.1) is 5.82 Å². The summed E-state index contributed by atoms with van der Waals surface area (Å²) >= 11 is 0. The lowest BCUT2D eigenvalue weighted by Gasteiger charge is -2.22. The van der Waals surface area contributed by atoms with Crippen LogP contribution >= 0.6 is 0 Å². The van der Waals surface area contributed by atoms with E-state index in [0.717, 1.165) is 19.5 Å². The topological polar surface area (TPSA) is 32.3 Å². The number of carbonyl (C=O) groups excluding carboxylic acids is 1. The van der Waals surface area contributed by atoms with E-state index in [1.165, 1.54) is 18.2 Å². The zero-order valence-electron chi connectivity index (χ0n) is 10.4. The lowest BCUT2D eigenvalue weighted by molar-refractivity contribution is -0.126. The van der Waals surface area contributed by atoms with E-state index in [1.807, 2.05) is 0 Å². The van der Waals surface area contributed by atoms with Crippen molar-refractivity contribution in [3.63, 3.8) is 0 Å². The predicted octanol–water partition coefficient (Wildman–Crippen LogP) is 1.66. The van der Waals surface area contributed by atoms with Gasteiger partial charge < -0.3 is 10.2 Å². The number of benzene rings is 1. The van der Waals surface area contributed by atoms with Crippen LogP contribution in [0.1, 0.15) is 12.0 Å². The standard InChI is InChI=1S/C14H17FN2O/c1-17(12-8-9-16-10-12)14(18)7-6-11-4-2-3-5-13(11)15/h2-7,12,16H,8-10H2,1H3. The first-order valence-corrected chi connectivity index (χ1v) is 6.08. The fourth-order valence-corrected chi connectivity index (χ4v) is 2.04. The first kappa shape index (κ1) is 12.8. The van der Waals surface area contributed by atoms with Crippen molar-refractivity contribution in [1.82, 2.24) is 10.2 Å². The van der Waals surface area contributed by atoms with E-state index in [2.05, 4.69) is 5.32 Å². The smallest absolute Gasteiger partial charge is 0.246 e. The van der Waals surface area contributed by atoms with Crippen LogP contribution < -0.4 is 5.32 Å². The molecule has 1 unspecified atom stereocenters. The summed E-state index contributed by atoms with van der Waals surface area (Å²) in [7, 11) is 1.78. The molecular formula is C14H17FN2O. The molecule has 0 spiro atoms. The van der Waals surface area contributed by atoms with Gasteiger partial charge >= 0.3 is 0 Å². The second-order valence-corrected chi connectivity index (χ2v) is 4.45. The summed E-state index contributed by atoms with van der Waals surface area (Å²) in [5.41, 5.74) is 0.434. The quantitative estimate of drug-likeness (QED) is 0.825. The molecule has 1 atom stereocenters. The van der Waals surface area contributed by atoms with Crippen molar-refractivity contribution in [1.29, 1.82) is 0 Å².